The maximum atomic E-state index is 12.8. The molecule has 0 unspecified atom stereocenters. The molecule has 5 nitrogen and oxygen atoms in total. The van der Waals surface area contributed by atoms with Crippen LogP contribution in [-0.2, 0) is 11.3 Å². The molecule has 180 valence electrons. The van der Waals surface area contributed by atoms with Gasteiger partial charge in [-0.15, -0.1) is 0 Å². The maximum Gasteiger partial charge on any atom is 0.407 e. The Hall–Kier alpha value is -3.90. The number of fused-ring (bicyclic) bond motifs is 3. The van der Waals surface area contributed by atoms with Crippen molar-refractivity contribution in [3.63, 3.8) is 0 Å². The lowest BCUT2D eigenvalue weighted by molar-refractivity contribution is 0.112. The highest BCUT2D eigenvalue weighted by Crippen LogP contribution is 2.44. The minimum Gasteiger partial charge on any atom is -0.449 e. The van der Waals surface area contributed by atoms with Crippen LogP contribution in [0, 0.1) is 13.8 Å². The van der Waals surface area contributed by atoms with Crippen molar-refractivity contribution in [2.24, 2.45) is 0 Å². The van der Waals surface area contributed by atoms with Gasteiger partial charge in [-0.2, -0.15) is 0 Å². The predicted molar refractivity (Wildman–Crippen MR) is 142 cm³/mol. The lowest BCUT2D eigenvalue weighted by Gasteiger charge is -2.17. The summed E-state index contributed by atoms with van der Waals surface area (Å²) < 4.78 is 5.71. The van der Waals surface area contributed by atoms with Gasteiger partial charge in [-0.25, -0.2) is 9.78 Å². The first-order valence-corrected chi connectivity index (χ1v) is 12.6. The highest BCUT2D eigenvalue weighted by molar-refractivity contribution is 7.99. The van der Waals surface area contributed by atoms with Crippen LogP contribution in [0.5, 0.6) is 0 Å². The Bertz CT molecular complexity index is 1400. The summed E-state index contributed by atoms with van der Waals surface area (Å²) >= 11 is 1.44. The van der Waals surface area contributed by atoms with Crippen LogP contribution in [0.25, 0.3) is 11.1 Å². The average molecular weight is 495 g/mol. The van der Waals surface area contributed by atoms with Gasteiger partial charge >= 0.3 is 6.09 Å². The number of aromatic nitrogens is 1. The van der Waals surface area contributed by atoms with E-state index < -0.39 is 6.09 Å². The zero-order chi connectivity index (χ0) is 25.1. The van der Waals surface area contributed by atoms with Crippen molar-refractivity contribution in [2.45, 2.75) is 36.2 Å². The number of nitrogens with one attached hydrogen (secondary N) is 1. The molecule has 0 fully saturated rings. The van der Waals surface area contributed by atoms with Crippen LogP contribution >= 0.6 is 11.8 Å². The molecule has 1 aromatic heterocycles. The van der Waals surface area contributed by atoms with Crippen LogP contribution in [0.2, 0.25) is 0 Å². The van der Waals surface area contributed by atoms with Gasteiger partial charge in [-0.05, 0) is 64.9 Å². The molecule has 0 atom stereocenters. The zero-order valence-corrected chi connectivity index (χ0v) is 21.0. The molecule has 0 saturated heterocycles. The van der Waals surface area contributed by atoms with E-state index in [1.54, 1.807) is 18.3 Å². The molecule has 0 bridgehead atoms. The van der Waals surface area contributed by atoms with Crippen LogP contribution in [0.1, 0.15) is 44.1 Å². The summed E-state index contributed by atoms with van der Waals surface area (Å²) in [6.45, 7) is 4.61. The summed E-state index contributed by atoms with van der Waals surface area (Å²) in [4.78, 5) is 29.6. The normalized spacial score (nSPS) is 12.1. The number of alkyl carbamates (subject to hydrolysis) is 1. The third kappa shape index (κ3) is 4.64. The second-order valence-corrected chi connectivity index (χ2v) is 9.80. The van der Waals surface area contributed by atoms with E-state index in [4.69, 9.17) is 4.74 Å². The van der Waals surface area contributed by atoms with Crippen LogP contribution in [0.4, 0.5) is 4.79 Å². The number of benzene rings is 3. The molecule has 0 aliphatic heterocycles. The van der Waals surface area contributed by atoms with Crippen molar-refractivity contribution in [3.8, 4) is 11.1 Å². The molecular formula is C30H26N2O3S. The third-order valence-electron chi connectivity index (χ3n) is 6.57. The van der Waals surface area contributed by atoms with E-state index in [2.05, 4.69) is 34.6 Å². The first kappa shape index (κ1) is 23.8. The first-order valence-electron chi connectivity index (χ1n) is 11.8. The smallest absolute Gasteiger partial charge is 0.407 e. The molecule has 0 saturated carbocycles. The standard InChI is InChI=1S/C30H26N2O3S/c1-19-13-14-20(2)28(36-29-21(17-33)8-7-15-31-29)26(19)16-32-30(34)35-18-27-24-11-5-3-9-22(24)23-10-4-6-12-25(23)27/h3-15,17,27H,16,18H2,1-2H3,(H,32,34). The van der Waals surface area contributed by atoms with Crippen LogP contribution in [0.3, 0.4) is 0 Å². The number of aldehydes is 1. The summed E-state index contributed by atoms with van der Waals surface area (Å²) in [5, 5.41) is 3.57. The summed E-state index contributed by atoms with van der Waals surface area (Å²) in [6, 6.07) is 24.1. The van der Waals surface area contributed by atoms with Gasteiger partial charge in [0.05, 0.1) is 0 Å². The fourth-order valence-corrected chi connectivity index (χ4v) is 5.82. The Labute approximate surface area is 214 Å². The number of aryl methyl sites for hydroxylation is 2. The Morgan fingerprint density at radius 1 is 0.944 bits per heavy atom. The fourth-order valence-electron chi connectivity index (χ4n) is 4.69. The molecule has 36 heavy (non-hydrogen) atoms. The summed E-state index contributed by atoms with van der Waals surface area (Å²) in [5.41, 5.74) is 8.38. The van der Waals surface area contributed by atoms with Gasteiger partial charge in [0.1, 0.15) is 11.6 Å². The first-order chi connectivity index (χ1) is 17.6. The van der Waals surface area contributed by atoms with Crippen LogP contribution in [0.15, 0.2) is 88.9 Å². The van der Waals surface area contributed by atoms with Gasteiger partial charge in [0, 0.05) is 29.1 Å². The molecule has 0 spiro atoms. The average Bonchev–Trinajstić information content (AvgIpc) is 3.23. The number of carbonyl (C=O) groups excluding carboxylic acids is 2. The fraction of sp³-hybridized carbons (Fsp3) is 0.167. The maximum absolute atomic E-state index is 12.8. The molecule has 0 radical (unpaired) electrons. The van der Waals surface area contributed by atoms with E-state index in [1.165, 1.54) is 34.0 Å². The minimum atomic E-state index is -0.458. The molecule has 1 N–H and O–H groups in total. The van der Waals surface area contributed by atoms with Gasteiger partial charge in [-0.3, -0.25) is 4.79 Å². The predicted octanol–water partition coefficient (Wildman–Crippen LogP) is 6.70. The molecular weight excluding hydrogens is 468 g/mol. The number of nitrogens with zero attached hydrogens (tertiary/aromatic N) is 1. The monoisotopic (exact) mass is 494 g/mol. The van der Waals surface area contributed by atoms with Gasteiger partial charge in [0.15, 0.2) is 6.29 Å². The van der Waals surface area contributed by atoms with Gasteiger partial charge in [-0.1, -0.05) is 72.4 Å². The quantitative estimate of drug-likeness (QED) is 0.290. The molecule has 3 aromatic carbocycles. The van der Waals surface area contributed by atoms with Crippen molar-refractivity contribution >= 4 is 24.1 Å². The molecule has 1 heterocycles. The second kappa shape index (κ2) is 10.4. The van der Waals surface area contributed by atoms with Gasteiger partial charge < -0.3 is 10.1 Å². The Morgan fingerprint density at radius 3 is 2.31 bits per heavy atom. The number of ether oxygens (including phenoxy) is 1. The number of hydrogen-bond acceptors (Lipinski definition) is 5. The minimum absolute atomic E-state index is 0.0147. The Balaban J connectivity index is 1.29. The molecule has 1 amide bonds. The van der Waals surface area contributed by atoms with E-state index in [9.17, 15) is 9.59 Å². The van der Waals surface area contributed by atoms with E-state index in [0.29, 0.717) is 17.1 Å². The van der Waals surface area contributed by atoms with Crippen molar-refractivity contribution in [3.05, 3.63) is 112 Å². The van der Waals surface area contributed by atoms with E-state index in [-0.39, 0.29) is 12.5 Å². The van der Waals surface area contributed by atoms with Gasteiger partial charge in [0.25, 0.3) is 0 Å². The topological polar surface area (TPSA) is 68.3 Å². The van der Waals surface area contributed by atoms with E-state index in [0.717, 1.165) is 27.9 Å². The largest absolute Gasteiger partial charge is 0.449 e. The highest BCUT2D eigenvalue weighted by atomic mass is 32.2. The SMILES string of the molecule is Cc1ccc(C)c(Sc2ncccc2C=O)c1CNC(=O)OCC1c2ccccc2-c2ccccc21. The molecule has 4 aromatic rings. The second-order valence-electron chi connectivity index (χ2n) is 8.80. The van der Waals surface area contributed by atoms with Crippen molar-refractivity contribution in [1.82, 2.24) is 10.3 Å². The number of rotatable bonds is 7. The Kier molecular flexibility index (Phi) is 6.87. The van der Waals surface area contributed by atoms with Gasteiger partial charge in [0.2, 0.25) is 0 Å². The molecule has 1 aliphatic rings. The number of pyridine rings is 1. The van der Waals surface area contributed by atoms with Crippen molar-refractivity contribution < 1.29 is 14.3 Å². The van der Waals surface area contributed by atoms with E-state index in [1.807, 2.05) is 50.2 Å². The molecule has 5 rings (SSSR count). The molecule has 6 heteroatoms. The Morgan fingerprint density at radius 2 is 1.61 bits per heavy atom. The van der Waals surface area contributed by atoms with Crippen molar-refractivity contribution in [1.29, 1.82) is 0 Å². The van der Waals surface area contributed by atoms with Crippen molar-refractivity contribution in [2.75, 3.05) is 6.61 Å². The third-order valence-corrected chi connectivity index (χ3v) is 7.88. The summed E-state index contributed by atoms with van der Waals surface area (Å²) in [6.07, 6.45) is 2.03. The highest BCUT2D eigenvalue weighted by Gasteiger charge is 2.29. The number of carbonyl (C=O) groups is 2. The van der Waals surface area contributed by atoms with E-state index >= 15 is 0 Å². The number of amides is 1. The molecule has 1 aliphatic carbocycles. The summed E-state index contributed by atoms with van der Waals surface area (Å²) in [7, 11) is 0. The number of hydrogen-bond donors (Lipinski definition) is 1. The zero-order valence-electron chi connectivity index (χ0n) is 20.2. The van der Waals surface area contributed by atoms with Crippen LogP contribution in [-0.4, -0.2) is 24.0 Å². The lowest BCUT2D eigenvalue weighted by Crippen LogP contribution is -2.26. The lowest BCUT2D eigenvalue weighted by atomic mass is 9.98. The van der Waals surface area contributed by atoms with Crippen LogP contribution < -0.4 is 5.32 Å². The summed E-state index contributed by atoms with van der Waals surface area (Å²) in [5.74, 6) is 0.0147.